The number of hydrogen-bond acceptors (Lipinski definition) is 3. The van der Waals surface area contributed by atoms with Gasteiger partial charge in [-0.15, -0.1) is 0 Å². The van der Waals surface area contributed by atoms with Gasteiger partial charge in [-0.3, -0.25) is 0 Å². The Labute approximate surface area is 133 Å². The molecular formula is C19H27N3. The normalized spacial score (nSPS) is 11.8. The van der Waals surface area contributed by atoms with Crippen molar-refractivity contribution in [3.05, 3.63) is 71.8 Å². The SMILES string of the molecule is CC(C)NCCNCC(N)(c1ccccc1)c1ccccc1. The van der Waals surface area contributed by atoms with Crippen LogP contribution in [-0.4, -0.2) is 25.7 Å². The van der Waals surface area contributed by atoms with Gasteiger partial charge in [0, 0.05) is 25.7 Å². The fourth-order valence-corrected chi connectivity index (χ4v) is 2.58. The highest BCUT2D eigenvalue weighted by Crippen LogP contribution is 2.26. The van der Waals surface area contributed by atoms with E-state index in [4.69, 9.17) is 5.73 Å². The lowest BCUT2D eigenvalue weighted by atomic mass is 9.83. The lowest BCUT2D eigenvalue weighted by molar-refractivity contribution is 0.467. The average molecular weight is 297 g/mol. The third kappa shape index (κ3) is 4.41. The Morgan fingerprint density at radius 1 is 0.864 bits per heavy atom. The maximum atomic E-state index is 6.80. The maximum absolute atomic E-state index is 6.80. The molecule has 0 saturated heterocycles. The molecule has 0 aliphatic rings. The molecule has 0 spiro atoms. The monoisotopic (exact) mass is 297 g/mol. The highest BCUT2D eigenvalue weighted by molar-refractivity contribution is 5.38. The number of nitrogens with one attached hydrogen (secondary N) is 2. The van der Waals surface area contributed by atoms with Crippen LogP contribution >= 0.6 is 0 Å². The average Bonchev–Trinajstić information content (AvgIpc) is 2.55. The highest BCUT2D eigenvalue weighted by Gasteiger charge is 2.28. The van der Waals surface area contributed by atoms with Crippen molar-refractivity contribution in [3.8, 4) is 0 Å². The summed E-state index contributed by atoms with van der Waals surface area (Å²) in [7, 11) is 0. The Balaban J connectivity index is 2.10. The van der Waals surface area contributed by atoms with E-state index in [1.54, 1.807) is 0 Å². The fraction of sp³-hybridized carbons (Fsp3) is 0.368. The Hall–Kier alpha value is -1.68. The van der Waals surface area contributed by atoms with E-state index in [9.17, 15) is 0 Å². The van der Waals surface area contributed by atoms with Crippen LogP contribution in [0.2, 0.25) is 0 Å². The van der Waals surface area contributed by atoms with E-state index < -0.39 is 5.54 Å². The quantitative estimate of drug-likeness (QED) is 0.656. The van der Waals surface area contributed by atoms with Gasteiger partial charge >= 0.3 is 0 Å². The van der Waals surface area contributed by atoms with Crippen molar-refractivity contribution in [2.24, 2.45) is 5.73 Å². The molecule has 4 N–H and O–H groups in total. The van der Waals surface area contributed by atoms with Crippen LogP contribution in [0.1, 0.15) is 25.0 Å². The van der Waals surface area contributed by atoms with Gasteiger partial charge in [-0.05, 0) is 11.1 Å². The summed E-state index contributed by atoms with van der Waals surface area (Å²) in [5.74, 6) is 0. The van der Waals surface area contributed by atoms with Crippen molar-refractivity contribution < 1.29 is 0 Å². The molecule has 3 nitrogen and oxygen atoms in total. The molecule has 2 aromatic carbocycles. The molecule has 2 rings (SSSR count). The molecule has 118 valence electrons. The van der Waals surface area contributed by atoms with Crippen LogP contribution in [-0.2, 0) is 5.54 Å². The summed E-state index contributed by atoms with van der Waals surface area (Å²) in [6.07, 6.45) is 0. The second-order valence-electron chi connectivity index (χ2n) is 5.99. The van der Waals surface area contributed by atoms with E-state index in [1.165, 1.54) is 0 Å². The highest BCUT2D eigenvalue weighted by atomic mass is 15.0. The van der Waals surface area contributed by atoms with E-state index in [0.29, 0.717) is 12.6 Å². The minimum atomic E-state index is -0.514. The minimum absolute atomic E-state index is 0.507. The van der Waals surface area contributed by atoms with Crippen molar-refractivity contribution in [1.29, 1.82) is 0 Å². The number of benzene rings is 2. The number of hydrogen-bond donors (Lipinski definition) is 3. The molecule has 22 heavy (non-hydrogen) atoms. The lowest BCUT2D eigenvalue weighted by Crippen LogP contribution is -2.48. The summed E-state index contributed by atoms with van der Waals surface area (Å²) < 4.78 is 0. The molecule has 3 heteroatoms. The molecule has 0 aromatic heterocycles. The fourth-order valence-electron chi connectivity index (χ4n) is 2.58. The maximum Gasteiger partial charge on any atom is 0.0792 e. The third-order valence-electron chi connectivity index (χ3n) is 3.84. The minimum Gasteiger partial charge on any atom is -0.317 e. The van der Waals surface area contributed by atoms with Gasteiger partial charge < -0.3 is 16.4 Å². The van der Waals surface area contributed by atoms with Gasteiger partial charge in [-0.2, -0.15) is 0 Å². The van der Waals surface area contributed by atoms with E-state index in [2.05, 4.69) is 48.7 Å². The summed E-state index contributed by atoms with van der Waals surface area (Å²) in [5, 5.41) is 6.90. The van der Waals surface area contributed by atoms with Gasteiger partial charge in [0.2, 0.25) is 0 Å². The molecule has 0 heterocycles. The molecule has 0 radical (unpaired) electrons. The second kappa shape index (κ2) is 8.08. The van der Waals surface area contributed by atoms with E-state index >= 15 is 0 Å². The van der Waals surface area contributed by atoms with Crippen LogP contribution in [0.3, 0.4) is 0 Å². The Morgan fingerprint density at radius 3 is 1.82 bits per heavy atom. The van der Waals surface area contributed by atoms with Gasteiger partial charge in [0.05, 0.1) is 5.54 Å². The molecule has 0 bridgehead atoms. The summed E-state index contributed by atoms with van der Waals surface area (Å²) >= 11 is 0. The molecule has 2 aromatic rings. The van der Waals surface area contributed by atoms with Crippen molar-refractivity contribution in [2.45, 2.75) is 25.4 Å². The zero-order chi connectivity index (χ0) is 15.8. The van der Waals surface area contributed by atoms with Gasteiger partial charge in [0.15, 0.2) is 0 Å². The molecular weight excluding hydrogens is 270 g/mol. The van der Waals surface area contributed by atoms with Crippen molar-refractivity contribution >= 4 is 0 Å². The van der Waals surface area contributed by atoms with Crippen LogP contribution in [0.4, 0.5) is 0 Å². The van der Waals surface area contributed by atoms with E-state index in [-0.39, 0.29) is 0 Å². The third-order valence-corrected chi connectivity index (χ3v) is 3.84. The summed E-state index contributed by atoms with van der Waals surface area (Å²) in [6, 6.07) is 21.1. The Bertz CT molecular complexity index is 498. The smallest absolute Gasteiger partial charge is 0.0792 e. The molecule has 0 aliphatic heterocycles. The topological polar surface area (TPSA) is 50.1 Å². The zero-order valence-corrected chi connectivity index (χ0v) is 13.5. The molecule has 0 atom stereocenters. The first-order chi connectivity index (χ1) is 10.6. The Morgan fingerprint density at radius 2 is 1.36 bits per heavy atom. The van der Waals surface area contributed by atoms with Crippen LogP contribution in [0.25, 0.3) is 0 Å². The summed E-state index contributed by atoms with van der Waals surface area (Å²) in [4.78, 5) is 0. The van der Waals surface area contributed by atoms with E-state index in [1.807, 2.05) is 36.4 Å². The van der Waals surface area contributed by atoms with Gasteiger partial charge in [0.25, 0.3) is 0 Å². The zero-order valence-electron chi connectivity index (χ0n) is 13.5. The molecule has 0 fully saturated rings. The molecule has 0 unspecified atom stereocenters. The predicted molar refractivity (Wildman–Crippen MR) is 93.9 cm³/mol. The second-order valence-corrected chi connectivity index (χ2v) is 5.99. The van der Waals surface area contributed by atoms with Crippen LogP contribution in [0.5, 0.6) is 0 Å². The number of nitrogens with two attached hydrogens (primary N) is 1. The first kappa shape index (κ1) is 16.7. The van der Waals surface area contributed by atoms with Crippen LogP contribution < -0.4 is 16.4 Å². The van der Waals surface area contributed by atoms with Crippen molar-refractivity contribution in [2.75, 3.05) is 19.6 Å². The number of rotatable bonds is 8. The molecule has 0 saturated carbocycles. The van der Waals surface area contributed by atoms with Gasteiger partial charge in [-0.1, -0.05) is 74.5 Å². The Kier molecular flexibility index (Phi) is 6.13. The molecule has 0 amide bonds. The van der Waals surface area contributed by atoms with Gasteiger partial charge in [-0.25, -0.2) is 0 Å². The standard InChI is InChI=1S/C19H27N3/c1-16(2)22-14-13-21-15-19(20,17-9-5-3-6-10-17)18-11-7-4-8-12-18/h3-12,16,21-22H,13-15,20H2,1-2H3. The van der Waals surface area contributed by atoms with Gasteiger partial charge in [0.1, 0.15) is 0 Å². The van der Waals surface area contributed by atoms with Crippen LogP contribution in [0.15, 0.2) is 60.7 Å². The van der Waals surface area contributed by atoms with E-state index in [0.717, 1.165) is 24.2 Å². The summed E-state index contributed by atoms with van der Waals surface area (Å²) in [6.45, 7) is 6.86. The largest absolute Gasteiger partial charge is 0.317 e. The van der Waals surface area contributed by atoms with Crippen LogP contribution in [0, 0.1) is 0 Å². The first-order valence-corrected chi connectivity index (χ1v) is 7.97. The summed E-state index contributed by atoms with van der Waals surface area (Å²) in [5.41, 5.74) is 8.55. The predicted octanol–water partition coefficient (Wildman–Crippen LogP) is 2.48. The van der Waals surface area contributed by atoms with Crippen molar-refractivity contribution in [1.82, 2.24) is 10.6 Å². The molecule has 0 aliphatic carbocycles. The first-order valence-electron chi connectivity index (χ1n) is 7.97. The lowest BCUT2D eigenvalue weighted by Gasteiger charge is -2.31. The van der Waals surface area contributed by atoms with Crippen molar-refractivity contribution in [3.63, 3.8) is 0 Å².